The number of rotatable bonds is 11. The quantitative estimate of drug-likeness (QED) is 0.389. The smallest absolute Gasteiger partial charge is 0.328 e. The number of benzene rings is 2. The van der Waals surface area contributed by atoms with Gasteiger partial charge < -0.3 is 19.5 Å². The van der Waals surface area contributed by atoms with Crippen LogP contribution in [0.25, 0.3) is 0 Å². The average molecular weight is 481 g/mol. The average Bonchev–Trinajstić information content (AvgIpc) is 3.15. The van der Waals surface area contributed by atoms with Crippen LogP contribution in [0.5, 0.6) is 11.5 Å². The van der Waals surface area contributed by atoms with Gasteiger partial charge in [-0.25, -0.2) is 9.69 Å². The fraction of sp³-hybridized carbons (Fsp3) is 0.308. The minimum atomic E-state index is -1.28. The third kappa shape index (κ3) is 6.47. The molecule has 1 fully saturated rings. The summed E-state index contributed by atoms with van der Waals surface area (Å²) in [4.78, 5) is 52.2. The Morgan fingerprint density at radius 1 is 1.06 bits per heavy atom. The minimum Gasteiger partial charge on any atom is -0.497 e. The number of carbonyl (C=O) groups is 4. The molecule has 9 nitrogen and oxygen atoms in total. The van der Waals surface area contributed by atoms with Crippen LogP contribution in [0.15, 0.2) is 60.7 Å². The van der Waals surface area contributed by atoms with Crippen molar-refractivity contribution in [2.24, 2.45) is 0 Å². The molecule has 1 heterocycles. The minimum absolute atomic E-state index is 0.121. The number of ether oxygens (including phenoxy) is 2. The number of hydrogen-bond acceptors (Lipinski definition) is 6. The van der Waals surface area contributed by atoms with E-state index < -0.39 is 29.7 Å². The van der Waals surface area contributed by atoms with E-state index in [2.05, 4.69) is 0 Å². The van der Waals surface area contributed by atoms with Crippen molar-refractivity contribution in [1.29, 1.82) is 0 Å². The molecular formula is C26H28N2O7. The molecule has 0 unspecified atom stereocenters. The first-order chi connectivity index (χ1) is 16.8. The highest BCUT2D eigenvalue weighted by atomic mass is 16.5. The van der Waals surface area contributed by atoms with Crippen LogP contribution in [0.1, 0.15) is 25.3 Å². The molecule has 0 aliphatic carbocycles. The third-order valence-corrected chi connectivity index (χ3v) is 5.52. The van der Waals surface area contributed by atoms with Crippen molar-refractivity contribution in [1.82, 2.24) is 4.90 Å². The van der Waals surface area contributed by atoms with E-state index >= 15 is 0 Å². The lowest BCUT2D eigenvalue weighted by atomic mass is 10.1. The predicted octanol–water partition coefficient (Wildman–Crippen LogP) is 2.83. The van der Waals surface area contributed by atoms with Gasteiger partial charge in [-0.3, -0.25) is 14.4 Å². The zero-order chi connectivity index (χ0) is 25.4. The van der Waals surface area contributed by atoms with Gasteiger partial charge in [-0.15, -0.1) is 0 Å². The molecule has 3 amide bonds. The van der Waals surface area contributed by atoms with E-state index in [1.165, 1.54) is 4.90 Å². The Balaban J connectivity index is 1.80. The Hall–Kier alpha value is -4.14. The third-order valence-electron chi connectivity index (χ3n) is 5.52. The van der Waals surface area contributed by atoms with Crippen LogP contribution in [0.2, 0.25) is 0 Å². The number of imide groups is 1. The second-order valence-corrected chi connectivity index (χ2v) is 7.93. The van der Waals surface area contributed by atoms with Crippen LogP contribution in [-0.4, -0.2) is 60.0 Å². The number of nitrogens with zero attached hydrogens (tertiary/aromatic N) is 2. The number of carbonyl (C=O) groups excluding carboxylic acids is 3. The molecule has 0 saturated carbocycles. The Labute approximate surface area is 203 Å². The fourth-order valence-corrected chi connectivity index (χ4v) is 3.74. The van der Waals surface area contributed by atoms with E-state index in [-0.39, 0.29) is 13.0 Å². The van der Waals surface area contributed by atoms with E-state index in [9.17, 15) is 19.2 Å². The first kappa shape index (κ1) is 25.5. The molecule has 2 aromatic carbocycles. The van der Waals surface area contributed by atoms with Gasteiger partial charge in [0.05, 0.1) is 25.8 Å². The molecule has 1 N–H and O–H groups in total. The van der Waals surface area contributed by atoms with Crippen LogP contribution in [0, 0.1) is 0 Å². The summed E-state index contributed by atoms with van der Waals surface area (Å²) in [6, 6.07) is 12.8. The number of amides is 3. The second-order valence-electron chi connectivity index (χ2n) is 7.93. The highest BCUT2D eigenvalue weighted by molar-refractivity contribution is 6.23. The Bertz CT molecular complexity index is 1090. The molecule has 0 spiro atoms. The van der Waals surface area contributed by atoms with Crippen LogP contribution in [-0.2, 0) is 25.6 Å². The topological polar surface area (TPSA) is 113 Å². The summed E-state index contributed by atoms with van der Waals surface area (Å²) in [5, 5.41) is 8.92. The highest BCUT2D eigenvalue weighted by Crippen LogP contribution is 2.28. The van der Waals surface area contributed by atoms with Gasteiger partial charge in [0.15, 0.2) is 0 Å². The van der Waals surface area contributed by atoms with E-state index in [0.29, 0.717) is 30.2 Å². The predicted molar refractivity (Wildman–Crippen MR) is 128 cm³/mol. The number of methoxy groups -OCH3 is 1. The van der Waals surface area contributed by atoms with Gasteiger partial charge in [0.25, 0.3) is 5.91 Å². The summed E-state index contributed by atoms with van der Waals surface area (Å²) in [7, 11) is 1.56. The summed E-state index contributed by atoms with van der Waals surface area (Å²) < 4.78 is 10.7. The molecule has 1 saturated heterocycles. The summed E-state index contributed by atoms with van der Waals surface area (Å²) >= 11 is 0. The number of carboxylic acids is 1. The summed E-state index contributed by atoms with van der Waals surface area (Å²) in [6.45, 7) is 2.66. The van der Waals surface area contributed by atoms with Gasteiger partial charge in [-0.05, 0) is 54.8 Å². The molecule has 1 aliphatic rings. The molecule has 0 bridgehead atoms. The molecule has 2 aromatic rings. The number of anilines is 1. The molecule has 9 heteroatoms. The van der Waals surface area contributed by atoms with E-state index in [4.69, 9.17) is 14.6 Å². The monoisotopic (exact) mass is 480 g/mol. The number of carboxylic acid groups (broad SMARTS) is 1. The summed E-state index contributed by atoms with van der Waals surface area (Å²) in [6.07, 6.45) is 2.68. The first-order valence-electron chi connectivity index (χ1n) is 11.3. The summed E-state index contributed by atoms with van der Waals surface area (Å²) in [5.41, 5.74) is 1.28. The maximum absolute atomic E-state index is 13.3. The van der Waals surface area contributed by atoms with Gasteiger partial charge >= 0.3 is 5.97 Å². The molecule has 3 rings (SSSR count). The molecule has 0 radical (unpaired) electrons. The Morgan fingerprint density at radius 2 is 1.71 bits per heavy atom. The van der Waals surface area contributed by atoms with Gasteiger partial charge in [0.2, 0.25) is 11.8 Å². The Morgan fingerprint density at radius 3 is 2.31 bits per heavy atom. The number of hydrogen-bond donors (Lipinski definition) is 1. The van der Waals surface area contributed by atoms with Gasteiger partial charge in [0.1, 0.15) is 17.5 Å². The number of aliphatic carboxylic acids is 1. The standard InChI is InChI=1S/C26H28N2O7/c1-3-16-35-21-10-6-19(7-11-21)28-24(30)17-22(26(28)33)27(23(29)12-13-25(31)32)15-14-18-4-8-20(34-2)9-5-18/h4-13,22H,3,14-17H2,1-2H3,(H,31,32)/b13-12+/t22-/m1/s1. The molecule has 0 aromatic heterocycles. The Kier molecular flexibility index (Phi) is 8.61. The molecule has 1 aliphatic heterocycles. The van der Waals surface area contributed by atoms with Gasteiger partial charge in [0, 0.05) is 18.7 Å². The molecule has 184 valence electrons. The largest absolute Gasteiger partial charge is 0.497 e. The second kappa shape index (κ2) is 11.8. The SMILES string of the molecule is CCCOc1ccc(N2C(=O)C[C@@H](N(CCc3ccc(OC)cc3)C(=O)/C=C/C(=O)O)C2=O)cc1. The van der Waals surface area contributed by atoms with Gasteiger partial charge in [-0.2, -0.15) is 0 Å². The fourth-order valence-electron chi connectivity index (χ4n) is 3.74. The van der Waals surface area contributed by atoms with Crippen molar-refractivity contribution in [2.45, 2.75) is 32.2 Å². The van der Waals surface area contributed by atoms with Crippen molar-refractivity contribution in [3.63, 3.8) is 0 Å². The van der Waals surface area contributed by atoms with E-state index in [1.807, 2.05) is 19.1 Å². The van der Waals surface area contributed by atoms with Gasteiger partial charge in [-0.1, -0.05) is 19.1 Å². The van der Waals surface area contributed by atoms with Crippen molar-refractivity contribution < 1.29 is 33.8 Å². The lowest BCUT2D eigenvalue weighted by Gasteiger charge is -2.26. The van der Waals surface area contributed by atoms with E-state index in [1.54, 1.807) is 43.5 Å². The molecule has 1 atom stereocenters. The van der Waals surface area contributed by atoms with Crippen LogP contribution < -0.4 is 14.4 Å². The lowest BCUT2D eigenvalue weighted by Crippen LogP contribution is -2.46. The molecular weight excluding hydrogens is 452 g/mol. The maximum Gasteiger partial charge on any atom is 0.328 e. The highest BCUT2D eigenvalue weighted by Gasteiger charge is 2.43. The first-order valence-corrected chi connectivity index (χ1v) is 11.3. The maximum atomic E-state index is 13.3. The van der Waals surface area contributed by atoms with Crippen molar-refractivity contribution in [2.75, 3.05) is 25.2 Å². The van der Waals surface area contributed by atoms with Crippen LogP contribution in [0.3, 0.4) is 0 Å². The zero-order valence-corrected chi connectivity index (χ0v) is 19.7. The molecule has 35 heavy (non-hydrogen) atoms. The zero-order valence-electron chi connectivity index (χ0n) is 19.7. The summed E-state index contributed by atoms with van der Waals surface area (Å²) in [5.74, 6) is -1.60. The van der Waals surface area contributed by atoms with Crippen molar-refractivity contribution >= 4 is 29.4 Å². The van der Waals surface area contributed by atoms with E-state index in [0.717, 1.165) is 29.0 Å². The lowest BCUT2D eigenvalue weighted by molar-refractivity contribution is -0.135. The van der Waals surface area contributed by atoms with Crippen molar-refractivity contribution in [3.05, 3.63) is 66.2 Å². The van der Waals surface area contributed by atoms with Crippen LogP contribution in [0.4, 0.5) is 5.69 Å². The normalized spacial score (nSPS) is 15.5. The van der Waals surface area contributed by atoms with Crippen LogP contribution >= 0.6 is 0 Å². The van der Waals surface area contributed by atoms with Crippen molar-refractivity contribution in [3.8, 4) is 11.5 Å².